The number of amides is 1. The van der Waals surface area contributed by atoms with Gasteiger partial charge in [0.2, 0.25) is 0 Å². The number of fused-ring (bicyclic) bond motifs is 2. The van der Waals surface area contributed by atoms with E-state index in [9.17, 15) is 19.1 Å². The van der Waals surface area contributed by atoms with Crippen molar-refractivity contribution in [3.05, 3.63) is 40.0 Å². The third kappa shape index (κ3) is 3.32. The van der Waals surface area contributed by atoms with Gasteiger partial charge in [0.1, 0.15) is 17.2 Å². The number of rotatable bonds is 2. The number of carbonyl (C=O) groups excluding carboxylic acids is 1. The van der Waals surface area contributed by atoms with Gasteiger partial charge in [-0.3, -0.25) is 4.90 Å². The van der Waals surface area contributed by atoms with Crippen LogP contribution in [0.2, 0.25) is 0 Å². The lowest BCUT2D eigenvalue weighted by Gasteiger charge is -2.41. The van der Waals surface area contributed by atoms with E-state index in [-0.39, 0.29) is 17.0 Å². The summed E-state index contributed by atoms with van der Waals surface area (Å²) in [6, 6.07) is 4.13. The molecule has 7 nitrogen and oxygen atoms in total. The van der Waals surface area contributed by atoms with Gasteiger partial charge in [-0.1, -0.05) is 20.8 Å². The number of nitrogens with zero attached hydrogens (tertiary/aromatic N) is 2. The first-order chi connectivity index (χ1) is 14.1. The third-order valence-electron chi connectivity index (χ3n) is 5.28. The van der Waals surface area contributed by atoms with Crippen LogP contribution in [-0.2, 0) is 11.2 Å². The van der Waals surface area contributed by atoms with Gasteiger partial charge in [-0.25, -0.2) is 19.0 Å². The van der Waals surface area contributed by atoms with Crippen LogP contribution in [0.4, 0.5) is 9.18 Å². The Kier molecular flexibility index (Phi) is 4.80. The Morgan fingerprint density at radius 1 is 1.33 bits per heavy atom. The van der Waals surface area contributed by atoms with Gasteiger partial charge in [0, 0.05) is 11.4 Å². The van der Waals surface area contributed by atoms with Gasteiger partial charge in [0.05, 0.1) is 29.1 Å². The maximum absolute atomic E-state index is 14.0. The van der Waals surface area contributed by atoms with Gasteiger partial charge in [-0.2, -0.15) is 0 Å². The number of hydrogen-bond donors (Lipinski definition) is 2. The summed E-state index contributed by atoms with van der Waals surface area (Å²) in [6.07, 6.45) is -0.315. The van der Waals surface area contributed by atoms with Crippen LogP contribution in [0.5, 0.6) is 0 Å². The lowest BCUT2D eigenvalue weighted by molar-refractivity contribution is 0.0602. The summed E-state index contributed by atoms with van der Waals surface area (Å²) in [7, 11) is 1.24. The van der Waals surface area contributed by atoms with Crippen molar-refractivity contribution < 1.29 is 23.8 Å². The molecule has 2 N–H and O–H groups in total. The van der Waals surface area contributed by atoms with E-state index in [4.69, 9.17) is 4.74 Å². The molecule has 3 aromatic rings. The number of thiophene rings is 1. The molecule has 0 fully saturated rings. The number of imidazole rings is 1. The zero-order chi connectivity index (χ0) is 21.8. The van der Waals surface area contributed by atoms with E-state index in [1.54, 1.807) is 0 Å². The Morgan fingerprint density at radius 2 is 2.07 bits per heavy atom. The number of H-pyrrole nitrogens is 1. The third-order valence-corrected chi connectivity index (χ3v) is 6.52. The molecule has 0 radical (unpaired) electrons. The highest BCUT2D eigenvalue weighted by Crippen LogP contribution is 2.47. The van der Waals surface area contributed by atoms with Crippen LogP contribution in [0, 0.1) is 11.2 Å². The highest BCUT2D eigenvalue weighted by atomic mass is 32.1. The Morgan fingerprint density at radius 3 is 2.70 bits per heavy atom. The van der Waals surface area contributed by atoms with Crippen LogP contribution in [0.3, 0.4) is 0 Å². The van der Waals surface area contributed by atoms with E-state index in [0.29, 0.717) is 29.8 Å². The highest BCUT2D eigenvalue weighted by molar-refractivity contribution is 7.15. The number of hydrogen-bond acceptors (Lipinski definition) is 5. The first-order valence-corrected chi connectivity index (χ1v) is 10.3. The predicted molar refractivity (Wildman–Crippen MR) is 111 cm³/mol. The molecule has 3 heterocycles. The number of carboxylic acid groups (broad SMARTS) is 1. The Bertz CT molecular complexity index is 1160. The lowest BCUT2D eigenvalue weighted by Crippen LogP contribution is -2.44. The summed E-state index contributed by atoms with van der Waals surface area (Å²) in [4.78, 5) is 34.8. The van der Waals surface area contributed by atoms with Crippen LogP contribution < -0.4 is 0 Å². The number of aromatic nitrogens is 2. The molecule has 158 valence electrons. The molecule has 1 unspecified atom stereocenters. The molecule has 0 saturated carbocycles. The zero-order valence-electron chi connectivity index (χ0n) is 17.1. The number of nitrogens with one attached hydrogen (secondary N) is 1. The molecule has 30 heavy (non-hydrogen) atoms. The van der Waals surface area contributed by atoms with Crippen molar-refractivity contribution in [2.24, 2.45) is 5.41 Å². The summed E-state index contributed by atoms with van der Waals surface area (Å²) in [5.41, 5.74) is 1.60. The molecule has 1 atom stereocenters. The number of esters is 1. The topological polar surface area (TPSA) is 95.5 Å². The van der Waals surface area contributed by atoms with Crippen molar-refractivity contribution in [2.45, 2.75) is 33.2 Å². The summed E-state index contributed by atoms with van der Waals surface area (Å²) in [5.74, 6) is -0.712. The molecule has 1 aromatic carbocycles. The number of ether oxygens (including phenoxy) is 1. The summed E-state index contributed by atoms with van der Waals surface area (Å²) in [5, 5.41) is 9.68. The molecule has 4 rings (SSSR count). The number of methoxy groups -OCH3 is 1. The van der Waals surface area contributed by atoms with E-state index in [2.05, 4.69) is 9.97 Å². The number of carbonyl (C=O) groups is 2. The summed E-state index contributed by atoms with van der Waals surface area (Å²) < 4.78 is 18.7. The van der Waals surface area contributed by atoms with Crippen molar-refractivity contribution in [2.75, 3.05) is 13.7 Å². The number of aromatic amines is 1. The molecule has 0 spiro atoms. The zero-order valence-corrected chi connectivity index (χ0v) is 17.9. The van der Waals surface area contributed by atoms with Crippen molar-refractivity contribution in [1.82, 2.24) is 14.9 Å². The minimum atomic E-state index is -0.933. The molecule has 9 heteroatoms. The number of benzene rings is 1. The molecule has 0 aliphatic carbocycles. The Hall–Kier alpha value is -2.94. The monoisotopic (exact) mass is 431 g/mol. The van der Waals surface area contributed by atoms with Gasteiger partial charge in [-0.15, -0.1) is 11.3 Å². The van der Waals surface area contributed by atoms with E-state index >= 15 is 0 Å². The predicted octanol–water partition coefficient (Wildman–Crippen LogP) is 4.84. The maximum atomic E-state index is 14.0. The molecule has 1 amide bonds. The van der Waals surface area contributed by atoms with Gasteiger partial charge in [0.15, 0.2) is 0 Å². The van der Waals surface area contributed by atoms with Crippen LogP contribution >= 0.6 is 11.3 Å². The SMILES string of the molecule is COC(=O)c1cc(F)cc2[nH]c(-c3cc4c(s3)C(C(C)(C)C)N(C(=O)O)CC4)nc12. The van der Waals surface area contributed by atoms with Crippen LogP contribution in [0.1, 0.15) is 47.6 Å². The van der Waals surface area contributed by atoms with Crippen molar-refractivity contribution >= 4 is 34.4 Å². The smallest absolute Gasteiger partial charge is 0.407 e. The second-order valence-corrected chi connectivity index (χ2v) is 9.50. The summed E-state index contributed by atoms with van der Waals surface area (Å²) >= 11 is 1.48. The van der Waals surface area contributed by atoms with E-state index in [0.717, 1.165) is 21.4 Å². The number of halogens is 1. The van der Waals surface area contributed by atoms with Crippen molar-refractivity contribution in [3.8, 4) is 10.7 Å². The molecule has 0 bridgehead atoms. The van der Waals surface area contributed by atoms with Gasteiger partial charge in [0.25, 0.3) is 0 Å². The average molecular weight is 431 g/mol. The minimum absolute atomic E-state index is 0.0564. The van der Waals surface area contributed by atoms with Crippen LogP contribution in [-0.4, -0.2) is 45.7 Å². The first kappa shape index (κ1) is 20.3. The highest BCUT2D eigenvalue weighted by Gasteiger charge is 2.40. The molecule has 2 aromatic heterocycles. The fraction of sp³-hybridized carbons (Fsp3) is 0.381. The van der Waals surface area contributed by atoms with Gasteiger partial charge >= 0.3 is 12.1 Å². The summed E-state index contributed by atoms with van der Waals surface area (Å²) in [6.45, 7) is 6.50. The Labute approximate surface area is 176 Å². The molecular formula is C21H22FN3O4S. The molecule has 1 aliphatic rings. The molecular weight excluding hydrogens is 409 g/mol. The van der Waals surface area contributed by atoms with E-state index in [1.165, 1.54) is 29.4 Å². The Balaban J connectivity index is 1.83. The first-order valence-electron chi connectivity index (χ1n) is 9.50. The van der Waals surface area contributed by atoms with Gasteiger partial charge in [-0.05, 0) is 35.6 Å². The normalized spacial score (nSPS) is 16.6. The standard InChI is InChI=1S/C21H22FN3O4S/c1-21(2,3)17-16-10(5-6-25(17)20(27)28)7-14(30-16)18-23-13-9-11(22)8-12(15(13)24-18)19(26)29-4/h7-9,17H,5-6H2,1-4H3,(H,23,24)(H,27,28). The van der Waals surface area contributed by atoms with Crippen LogP contribution in [0.15, 0.2) is 18.2 Å². The fourth-order valence-corrected chi connectivity index (χ4v) is 5.55. The van der Waals surface area contributed by atoms with E-state index in [1.807, 2.05) is 26.8 Å². The van der Waals surface area contributed by atoms with Crippen molar-refractivity contribution in [1.29, 1.82) is 0 Å². The molecule has 0 saturated heterocycles. The minimum Gasteiger partial charge on any atom is -0.465 e. The lowest BCUT2D eigenvalue weighted by atomic mass is 9.81. The maximum Gasteiger partial charge on any atom is 0.407 e. The largest absolute Gasteiger partial charge is 0.465 e. The van der Waals surface area contributed by atoms with E-state index < -0.39 is 17.9 Å². The second kappa shape index (κ2) is 7.09. The van der Waals surface area contributed by atoms with Crippen molar-refractivity contribution in [3.63, 3.8) is 0 Å². The average Bonchev–Trinajstić information content (AvgIpc) is 3.28. The second-order valence-electron chi connectivity index (χ2n) is 8.42. The van der Waals surface area contributed by atoms with Crippen LogP contribution in [0.25, 0.3) is 21.7 Å². The molecule has 1 aliphatic heterocycles. The quantitative estimate of drug-likeness (QED) is 0.566. The van der Waals surface area contributed by atoms with Gasteiger partial charge < -0.3 is 14.8 Å². The fourth-order valence-electron chi connectivity index (χ4n) is 4.03.